The minimum absolute atomic E-state index is 0.879. The Balaban J connectivity index is 2.06. The Morgan fingerprint density at radius 3 is 3.06 bits per heavy atom. The van der Waals surface area contributed by atoms with E-state index in [-0.39, 0.29) is 0 Å². The summed E-state index contributed by atoms with van der Waals surface area (Å²) >= 11 is 0. The zero-order valence-corrected chi connectivity index (χ0v) is 10.4. The molecule has 1 aliphatic rings. The second-order valence-electron chi connectivity index (χ2n) is 4.81. The lowest BCUT2D eigenvalue weighted by Crippen LogP contribution is -1.94. The molecule has 1 aromatic carbocycles. The molecule has 0 N–H and O–H groups in total. The van der Waals surface area contributed by atoms with Crippen molar-refractivity contribution in [2.75, 3.05) is 0 Å². The Morgan fingerprint density at radius 1 is 1.35 bits per heavy atom. The van der Waals surface area contributed by atoms with E-state index in [0.29, 0.717) is 0 Å². The third kappa shape index (κ3) is 1.66. The summed E-state index contributed by atoms with van der Waals surface area (Å²) < 4.78 is 2.04. The van der Waals surface area contributed by atoms with Crippen molar-refractivity contribution < 1.29 is 0 Å². The highest BCUT2D eigenvalue weighted by molar-refractivity contribution is 5.70. The van der Waals surface area contributed by atoms with Gasteiger partial charge >= 0.3 is 0 Å². The average Bonchev–Trinajstić information content (AvgIpc) is 2.86. The van der Waals surface area contributed by atoms with Crippen LogP contribution in [0.25, 0.3) is 11.3 Å². The molecule has 1 aromatic heterocycles. The van der Waals surface area contributed by atoms with Crippen molar-refractivity contribution in [3.63, 3.8) is 0 Å². The van der Waals surface area contributed by atoms with Crippen LogP contribution in [0.15, 0.2) is 18.2 Å². The van der Waals surface area contributed by atoms with Gasteiger partial charge in [0.25, 0.3) is 0 Å². The summed E-state index contributed by atoms with van der Waals surface area (Å²) in [6, 6.07) is 6.64. The molecule has 88 valence electrons. The lowest BCUT2D eigenvalue weighted by Gasteiger charge is -2.02. The molecule has 0 fully saturated rings. The Labute approximate surface area is 101 Å². The molecule has 3 rings (SSSR count). The maximum Gasteiger partial charge on any atom is 0.0925 e. The largest absolute Gasteiger partial charge is 0.240 e. The van der Waals surface area contributed by atoms with Gasteiger partial charge in [-0.15, -0.1) is 5.10 Å². The van der Waals surface area contributed by atoms with Crippen LogP contribution in [0, 0.1) is 6.92 Å². The maximum atomic E-state index is 4.32. The standard InChI is InChI=1S/C14H17N3/c1-3-4-5-13-14-12-8-10(2)6-7-11(12)9-17(14)16-15-13/h6-8H,3-5,9H2,1-2H3. The van der Waals surface area contributed by atoms with E-state index in [1.165, 1.54) is 35.2 Å². The van der Waals surface area contributed by atoms with Gasteiger partial charge in [0.05, 0.1) is 17.9 Å². The molecule has 0 bridgehead atoms. The molecule has 0 spiro atoms. The Kier molecular flexibility index (Phi) is 2.46. The summed E-state index contributed by atoms with van der Waals surface area (Å²) in [7, 11) is 0. The minimum Gasteiger partial charge on any atom is -0.240 e. The van der Waals surface area contributed by atoms with Crippen molar-refractivity contribution in [1.82, 2.24) is 15.0 Å². The lowest BCUT2D eigenvalue weighted by atomic mass is 10.0. The fourth-order valence-electron chi connectivity index (χ4n) is 2.48. The van der Waals surface area contributed by atoms with Gasteiger partial charge in [0, 0.05) is 5.56 Å². The molecule has 0 radical (unpaired) electrons. The van der Waals surface area contributed by atoms with Crippen LogP contribution < -0.4 is 0 Å². The van der Waals surface area contributed by atoms with Gasteiger partial charge in [0.15, 0.2) is 0 Å². The van der Waals surface area contributed by atoms with E-state index in [1.807, 2.05) is 4.68 Å². The molecule has 0 unspecified atom stereocenters. The van der Waals surface area contributed by atoms with Crippen LogP contribution >= 0.6 is 0 Å². The number of nitrogens with zero attached hydrogens (tertiary/aromatic N) is 3. The monoisotopic (exact) mass is 227 g/mol. The normalized spacial score (nSPS) is 12.6. The van der Waals surface area contributed by atoms with E-state index in [2.05, 4.69) is 42.4 Å². The van der Waals surface area contributed by atoms with Gasteiger partial charge in [-0.1, -0.05) is 36.3 Å². The predicted octanol–water partition coefficient (Wildman–Crippen LogP) is 2.96. The summed E-state index contributed by atoms with van der Waals surface area (Å²) in [6.07, 6.45) is 3.43. The Morgan fingerprint density at radius 2 is 2.24 bits per heavy atom. The number of unbranched alkanes of at least 4 members (excludes halogenated alkanes) is 1. The highest BCUT2D eigenvalue weighted by Crippen LogP contribution is 2.34. The molecule has 17 heavy (non-hydrogen) atoms. The number of hydrogen-bond donors (Lipinski definition) is 0. The van der Waals surface area contributed by atoms with Crippen LogP contribution in [0.5, 0.6) is 0 Å². The van der Waals surface area contributed by atoms with Gasteiger partial charge in [0.1, 0.15) is 0 Å². The molecular weight excluding hydrogens is 210 g/mol. The van der Waals surface area contributed by atoms with E-state index in [0.717, 1.165) is 18.7 Å². The highest BCUT2D eigenvalue weighted by Gasteiger charge is 2.23. The molecule has 3 heteroatoms. The second-order valence-corrected chi connectivity index (χ2v) is 4.81. The van der Waals surface area contributed by atoms with Crippen LogP contribution in [0.3, 0.4) is 0 Å². The molecule has 0 saturated carbocycles. The van der Waals surface area contributed by atoms with Gasteiger partial charge in [-0.05, 0) is 31.4 Å². The SMILES string of the molecule is CCCCc1nnn2c1-c1cc(C)ccc1C2. The predicted molar refractivity (Wildman–Crippen MR) is 67.9 cm³/mol. The smallest absolute Gasteiger partial charge is 0.0925 e. The molecule has 0 aliphatic carbocycles. The first-order chi connectivity index (χ1) is 8.29. The van der Waals surface area contributed by atoms with Crippen LogP contribution in [0.2, 0.25) is 0 Å². The molecule has 0 amide bonds. The second kappa shape index (κ2) is 3.99. The Bertz CT molecular complexity index is 555. The van der Waals surface area contributed by atoms with Crippen molar-refractivity contribution in [3.8, 4) is 11.3 Å². The molecule has 2 aromatic rings. The zero-order valence-electron chi connectivity index (χ0n) is 10.4. The van der Waals surface area contributed by atoms with Crippen LogP contribution in [0.4, 0.5) is 0 Å². The zero-order chi connectivity index (χ0) is 11.8. The first-order valence-corrected chi connectivity index (χ1v) is 6.32. The molecule has 0 atom stereocenters. The molecule has 1 aliphatic heterocycles. The fraction of sp³-hybridized carbons (Fsp3) is 0.429. The fourth-order valence-corrected chi connectivity index (χ4v) is 2.48. The van der Waals surface area contributed by atoms with E-state index >= 15 is 0 Å². The number of rotatable bonds is 3. The lowest BCUT2D eigenvalue weighted by molar-refractivity contribution is 0.672. The van der Waals surface area contributed by atoms with Gasteiger partial charge in [-0.25, -0.2) is 4.68 Å². The van der Waals surface area contributed by atoms with Crippen LogP contribution in [-0.4, -0.2) is 15.0 Å². The maximum absolute atomic E-state index is 4.32. The van der Waals surface area contributed by atoms with E-state index in [1.54, 1.807) is 0 Å². The van der Waals surface area contributed by atoms with Crippen molar-refractivity contribution in [1.29, 1.82) is 0 Å². The van der Waals surface area contributed by atoms with E-state index in [4.69, 9.17) is 0 Å². The number of aromatic nitrogens is 3. The molecular formula is C14H17N3. The first kappa shape index (κ1) is 10.5. The van der Waals surface area contributed by atoms with Gasteiger partial charge in [-0.2, -0.15) is 0 Å². The average molecular weight is 227 g/mol. The third-order valence-electron chi connectivity index (χ3n) is 3.41. The minimum atomic E-state index is 0.879. The highest BCUT2D eigenvalue weighted by atomic mass is 15.4. The van der Waals surface area contributed by atoms with Crippen LogP contribution in [0.1, 0.15) is 36.6 Å². The van der Waals surface area contributed by atoms with E-state index in [9.17, 15) is 0 Å². The molecule has 3 nitrogen and oxygen atoms in total. The molecule has 2 heterocycles. The quantitative estimate of drug-likeness (QED) is 0.688. The van der Waals surface area contributed by atoms with Gasteiger partial charge in [-0.3, -0.25) is 0 Å². The van der Waals surface area contributed by atoms with Crippen molar-refractivity contribution in [2.24, 2.45) is 0 Å². The first-order valence-electron chi connectivity index (χ1n) is 6.32. The summed E-state index contributed by atoms with van der Waals surface area (Å²) in [5.74, 6) is 0. The van der Waals surface area contributed by atoms with Crippen molar-refractivity contribution in [3.05, 3.63) is 35.0 Å². The van der Waals surface area contributed by atoms with Crippen LogP contribution in [-0.2, 0) is 13.0 Å². The molecule has 0 saturated heterocycles. The van der Waals surface area contributed by atoms with E-state index < -0.39 is 0 Å². The topological polar surface area (TPSA) is 30.7 Å². The van der Waals surface area contributed by atoms with Gasteiger partial charge < -0.3 is 0 Å². The van der Waals surface area contributed by atoms with Crippen molar-refractivity contribution in [2.45, 2.75) is 39.7 Å². The third-order valence-corrected chi connectivity index (χ3v) is 3.41. The summed E-state index contributed by atoms with van der Waals surface area (Å²) in [4.78, 5) is 0. The number of fused-ring (bicyclic) bond motifs is 3. The Hall–Kier alpha value is -1.64. The number of hydrogen-bond acceptors (Lipinski definition) is 2. The summed E-state index contributed by atoms with van der Waals surface area (Å²) in [6.45, 7) is 5.23. The van der Waals surface area contributed by atoms with Crippen molar-refractivity contribution >= 4 is 0 Å². The van der Waals surface area contributed by atoms with Gasteiger partial charge in [0.2, 0.25) is 0 Å². The summed E-state index contributed by atoms with van der Waals surface area (Å²) in [5.41, 5.74) is 6.42. The summed E-state index contributed by atoms with van der Waals surface area (Å²) in [5, 5.41) is 8.58. The number of aryl methyl sites for hydroxylation is 2. The number of benzene rings is 1.